The first kappa shape index (κ1) is 12.8. The van der Waals surface area contributed by atoms with Gasteiger partial charge >= 0.3 is 0 Å². The van der Waals surface area contributed by atoms with Gasteiger partial charge in [0.05, 0.1) is 16.6 Å². The molecule has 1 rings (SSSR count). The van der Waals surface area contributed by atoms with Crippen molar-refractivity contribution in [3.05, 3.63) is 33.9 Å². The topological polar surface area (TPSA) is 110 Å². The number of benzene rings is 1. The van der Waals surface area contributed by atoms with Crippen LogP contribution in [-0.4, -0.2) is 27.0 Å². The number of nitrogen functional groups attached to an aromatic ring is 1. The molecule has 0 bridgehead atoms. The lowest BCUT2D eigenvalue weighted by Crippen LogP contribution is -2.20. The molecule has 1 aromatic rings. The van der Waals surface area contributed by atoms with Gasteiger partial charge in [0, 0.05) is 17.5 Å². The first-order valence-corrected chi connectivity index (χ1v) is 5.11. The zero-order chi connectivity index (χ0) is 12.3. The number of anilines is 1. The Morgan fingerprint density at radius 3 is 2.62 bits per heavy atom. The number of aliphatic hydroxyl groups is 2. The van der Waals surface area contributed by atoms with E-state index in [0.717, 1.165) is 0 Å². The Labute approximate surface area is 97.3 Å². The van der Waals surface area contributed by atoms with Crippen molar-refractivity contribution >= 4 is 24.0 Å². The van der Waals surface area contributed by atoms with E-state index in [1.165, 1.54) is 18.2 Å². The molecule has 0 heterocycles. The van der Waals surface area contributed by atoms with Gasteiger partial charge in [0.25, 0.3) is 5.69 Å². The second-order valence-electron chi connectivity index (χ2n) is 3.27. The molecule has 1 aromatic carbocycles. The summed E-state index contributed by atoms with van der Waals surface area (Å²) in [5.41, 5.74) is 5.47. The highest BCUT2D eigenvalue weighted by atomic mass is 32.1. The summed E-state index contributed by atoms with van der Waals surface area (Å²) in [4.78, 5) is 10.1. The predicted molar refractivity (Wildman–Crippen MR) is 62.3 cm³/mol. The van der Waals surface area contributed by atoms with Gasteiger partial charge in [-0.25, -0.2) is 0 Å². The highest BCUT2D eigenvalue weighted by molar-refractivity contribution is 7.80. The van der Waals surface area contributed by atoms with Crippen molar-refractivity contribution in [3.63, 3.8) is 0 Å². The van der Waals surface area contributed by atoms with Crippen molar-refractivity contribution in [2.75, 3.05) is 11.5 Å². The van der Waals surface area contributed by atoms with Gasteiger partial charge in [-0.15, -0.1) is 0 Å². The standard InChI is InChI=1S/C9H12N2O4S/c10-5-1-2-7(11(14)15)6(3-5)9(13)8(12)4-16/h1-3,8-9,12-13,16H,4,10H2. The van der Waals surface area contributed by atoms with Crippen LogP contribution >= 0.6 is 12.6 Å². The smallest absolute Gasteiger partial charge is 0.275 e. The Morgan fingerprint density at radius 1 is 1.50 bits per heavy atom. The molecule has 7 heteroatoms. The van der Waals surface area contributed by atoms with Crippen LogP contribution in [0.25, 0.3) is 0 Å². The van der Waals surface area contributed by atoms with Crippen LogP contribution < -0.4 is 5.73 Å². The number of aliphatic hydroxyl groups excluding tert-OH is 2. The molecule has 4 N–H and O–H groups in total. The Morgan fingerprint density at radius 2 is 2.12 bits per heavy atom. The molecule has 0 radical (unpaired) electrons. The van der Waals surface area contributed by atoms with E-state index >= 15 is 0 Å². The average molecular weight is 244 g/mol. The number of nitro benzene ring substituents is 1. The molecule has 0 saturated carbocycles. The van der Waals surface area contributed by atoms with E-state index in [2.05, 4.69) is 12.6 Å². The van der Waals surface area contributed by atoms with E-state index in [1.807, 2.05) is 0 Å². The van der Waals surface area contributed by atoms with Gasteiger partial charge in [-0.05, 0) is 12.1 Å². The zero-order valence-corrected chi connectivity index (χ0v) is 9.17. The summed E-state index contributed by atoms with van der Waals surface area (Å²) in [6.45, 7) is 0. The number of nitro groups is 1. The average Bonchev–Trinajstić information content (AvgIpc) is 2.26. The first-order valence-electron chi connectivity index (χ1n) is 4.48. The summed E-state index contributed by atoms with van der Waals surface area (Å²) in [5.74, 6) is -0.00683. The molecule has 16 heavy (non-hydrogen) atoms. The molecule has 2 unspecified atom stereocenters. The molecule has 6 nitrogen and oxygen atoms in total. The maximum Gasteiger partial charge on any atom is 0.275 e. The van der Waals surface area contributed by atoms with E-state index in [4.69, 9.17) is 5.73 Å². The van der Waals surface area contributed by atoms with E-state index in [9.17, 15) is 20.3 Å². The molecule has 0 spiro atoms. The summed E-state index contributed by atoms with van der Waals surface area (Å²) in [6, 6.07) is 3.83. The molecule has 0 aliphatic carbocycles. The Balaban J connectivity index is 3.19. The molecular weight excluding hydrogens is 232 g/mol. The van der Waals surface area contributed by atoms with Gasteiger partial charge in [-0.1, -0.05) is 0 Å². The summed E-state index contributed by atoms with van der Waals surface area (Å²) in [6.07, 6.45) is -2.55. The fraction of sp³-hybridized carbons (Fsp3) is 0.333. The molecule has 0 amide bonds. The second kappa shape index (κ2) is 5.15. The monoisotopic (exact) mass is 244 g/mol. The number of nitrogens with zero attached hydrogens (tertiary/aromatic N) is 1. The minimum Gasteiger partial charge on any atom is -0.399 e. The van der Waals surface area contributed by atoms with E-state index in [1.54, 1.807) is 0 Å². The number of nitrogens with two attached hydrogens (primary N) is 1. The van der Waals surface area contributed by atoms with Crippen LogP contribution in [0.1, 0.15) is 11.7 Å². The minimum atomic E-state index is -1.37. The third kappa shape index (κ3) is 2.63. The van der Waals surface area contributed by atoms with Crippen molar-refractivity contribution in [3.8, 4) is 0 Å². The normalized spacial score (nSPS) is 14.4. The van der Waals surface area contributed by atoms with Crippen molar-refractivity contribution in [2.24, 2.45) is 0 Å². The maximum atomic E-state index is 10.7. The summed E-state index contributed by atoms with van der Waals surface area (Å²) < 4.78 is 0. The van der Waals surface area contributed by atoms with Crippen LogP contribution in [0.5, 0.6) is 0 Å². The van der Waals surface area contributed by atoms with Gasteiger partial charge in [-0.2, -0.15) is 12.6 Å². The third-order valence-corrected chi connectivity index (χ3v) is 2.49. The minimum absolute atomic E-state index is 0.00683. The molecule has 0 fully saturated rings. The molecule has 88 valence electrons. The largest absolute Gasteiger partial charge is 0.399 e. The van der Waals surface area contributed by atoms with Crippen LogP contribution in [0, 0.1) is 10.1 Å². The number of thiol groups is 1. The first-order chi connectivity index (χ1) is 7.47. The van der Waals surface area contributed by atoms with Crippen molar-refractivity contribution in [1.82, 2.24) is 0 Å². The predicted octanol–water partition coefficient (Wildman–Crippen LogP) is 0.501. The van der Waals surface area contributed by atoms with Crippen molar-refractivity contribution in [2.45, 2.75) is 12.2 Å². The molecular formula is C9H12N2O4S. The maximum absolute atomic E-state index is 10.7. The number of rotatable bonds is 4. The molecule has 0 aliphatic rings. The zero-order valence-electron chi connectivity index (χ0n) is 8.28. The van der Waals surface area contributed by atoms with Crippen LogP contribution in [0.3, 0.4) is 0 Å². The third-order valence-electron chi connectivity index (χ3n) is 2.12. The molecule has 0 aliphatic heterocycles. The van der Waals surface area contributed by atoms with Crippen LogP contribution in [0.4, 0.5) is 11.4 Å². The van der Waals surface area contributed by atoms with Crippen LogP contribution in [0.2, 0.25) is 0 Å². The fourth-order valence-electron chi connectivity index (χ4n) is 1.28. The fourth-order valence-corrected chi connectivity index (χ4v) is 1.48. The molecule has 2 atom stereocenters. The summed E-state index contributed by atoms with van der Waals surface area (Å²) in [5, 5.41) is 29.8. The Hall–Kier alpha value is -1.31. The van der Waals surface area contributed by atoms with E-state index < -0.39 is 17.1 Å². The molecule has 0 aromatic heterocycles. The van der Waals surface area contributed by atoms with Crippen molar-refractivity contribution < 1.29 is 15.1 Å². The van der Waals surface area contributed by atoms with Gasteiger partial charge in [0.1, 0.15) is 6.10 Å². The molecule has 0 saturated heterocycles. The van der Waals surface area contributed by atoms with Gasteiger partial charge < -0.3 is 15.9 Å². The summed E-state index contributed by atoms with van der Waals surface area (Å²) >= 11 is 3.81. The highest BCUT2D eigenvalue weighted by Crippen LogP contribution is 2.29. The Bertz CT molecular complexity index is 399. The van der Waals surface area contributed by atoms with Gasteiger partial charge in [0.15, 0.2) is 0 Å². The lowest BCUT2D eigenvalue weighted by molar-refractivity contribution is -0.386. The quantitative estimate of drug-likeness (QED) is 0.267. The highest BCUT2D eigenvalue weighted by Gasteiger charge is 2.25. The summed E-state index contributed by atoms with van der Waals surface area (Å²) in [7, 11) is 0. The lowest BCUT2D eigenvalue weighted by atomic mass is 10.0. The second-order valence-corrected chi connectivity index (χ2v) is 3.64. The van der Waals surface area contributed by atoms with Crippen LogP contribution in [-0.2, 0) is 0 Å². The number of hydrogen-bond acceptors (Lipinski definition) is 6. The Kier molecular flexibility index (Phi) is 4.11. The van der Waals surface area contributed by atoms with Gasteiger partial charge in [0.2, 0.25) is 0 Å². The van der Waals surface area contributed by atoms with E-state index in [0.29, 0.717) is 0 Å². The van der Waals surface area contributed by atoms with Crippen molar-refractivity contribution in [1.29, 1.82) is 0 Å². The van der Waals surface area contributed by atoms with Crippen LogP contribution in [0.15, 0.2) is 18.2 Å². The van der Waals surface area contributed by atoms with E-state index in [-0.39, 0.29) is 22.7 Å². The van der Waals surface area contributed by atoms with Gasteiger partial charge in [-0.3, -0.25) is 10.1 Å². The SMILES string of the molecule is Nc1ccc([N+](=O)[O-])c(C(O)C(O)CS)c1. The lowest BCUT2D eigenvalue weighted by Gasteiger charge is -2.16. The number of hydrogen-bond donors (Lipinski definition) is 4.